The minimum atomic E-state index is -9.32. The summed E-state index contributed by atoms with van der Waals surface area (Å²) in [4.78, 5) is 31.2. The molecule has 1 aromatic carbocycles. The fourth-order valence-corrected chi connectivity index (χ4v) is 3.47. The minimum Gasteiger partial charge on any atom is -0.387 e. The largest absolute Gasteiger partial charge is 0.518 e. The number of non-ortho nitro benzene ring substituents is 1. The molecule has 9 nitrogen and oxygen atoms in total. The quantitative estimate of drug-likeness (QED) is 0.0570. The van der Waals surface area contributed by atoms with Gasteiger partial charge in [-0.15, -0.1) is 0 Å². The molecule has 1 aromatic rings. The maximum atomic E-state index is 14.2. The molecule has 0 amide bonds. The zero-order chi connectivity index (χ0) is 41.2. The van der Waals surface area contributed by atoms with E-state index in [1.165, 1.54) is 6.92 Å². The van der Waals surface area contributed by atoms with Gasteiger partial charge in [0.05, 0.1) is 15.9 Å². The first kappa shape index (κ1) is 44.9. The maximum Gasteiger partial charge on any atom is 0.518 e. The fraction of sp³-hybridized carbons (Fsp3) is 0.682. The van der Waals surface area contributed by atoms with Crippen molar-refractivity contribution >= 4 is 17.5 Å². The molecule has 1 unspecified atom stereocenters. The standard InChI is InChI=1S/C22H14F20N2O7/c1-4-7(2)9-5-8(43(46)47)6-10(44(48)49)11(9)50-12(45)51-22(41,42)21(39,40)20(37,38)19(35,36)18(33,34)17(31,32)16(29,30)15(27,28)14(25,26)13(3,23)24/h5-7H,4H2,1-3H3. The number of alkyl halides is 20. The van der Waals surface area contributed by atoms with Crippen molar-refractivity contribution in [3.8, 4) is 5.75 Å². The maximum absolute atomic E-state index is 14.2. The van der Waals surface area contributed by atoms with E-state index in [1.54, 1.807) is 0 Å². The first-order valence-corrected chi connectivity index (χ1v) is 12.4. The molecule has 0 aliphatic carbocycles. The van der Waals surface area contributed by atoms with Crippen LogP contribution in [0.4, 0.5) is 104 Å². The van der Waals surface area contributed by atoms with E-state index in [-0.39, 0.29) is 12.5 Å². The summed E-state index contributed by atoms with van der Waals surface area (Å²) in [5, 5.41) is 22.4. The van der Waals surface area contributed by atoms with Crippen LogP contribution in [-0.2, 0) is 4.74 Å². The van der Waals surface area contributed by atoms with Gasteiger partial charge in [-0.1, -0.05) is 13.8 Å². The third kappa shape index (κ3) is 6.58. The lowest BCUT2D eigenvalue weighted by Gasteiger charge is -2.44. The van der Waals surface area contributed by atoms with Crippen LogP contribution in [0.3, 0.4) is 0 Å². The Bertz CT molecular complexity index is 1530. The van der Waals surface area contributed by atoms with E-state index in [1.807, 2.05) is 0 Å². The zero-order valence-corrected chi connectivity index (χ0v) is 24.3. The Kier molecular flexibility index (Phi) is 11.3. The van der Waals surface area contributed by atoms with Gasteiger partial charge in [0.2, 0.25) is 5.75 Å². The normalized spacial score (nSPS) is 15.4. The predicted octanol–water partition coefficient (Wildman–Crippen LogP) is 9.86. The lowest BCUT2D eigenvalue weighted by Crippen LogP contribution is -2.77. The predicted molar refractivity (Wildman–Crippen MR) is 121 cm³/mol. The van der Waals surface area contributed by atoms with Gasteiger partial charge in [0.1, 0.15) is 0 Å². The number of nitrogens with zero attached hydrogens (tertiary/aromatic N) is 2. The summed E-state index contributed by atoms with van der Waals surface area (Å²) in [6.07, 6.45) is -11.7. The SMILES string of the molecule is CCC(C)c1cc([N+](=O)[O-])cc([N+](=O)[O-])c1OC(=O)OC(F)(F)C(F)(F)C(F)(F)C(F)(F)C(F)(F)C(F)(F)C(F)(F)C(F)(F)C(F)(F)C(C)(F)F. The number of halogens is 20. The summed E-state index contributed by atoms with van der Waals surface area (Å²) in [5.74, 6) is -80.8. The molecular weight excluding hydrogens is 784 g/mol. The summed E-state index contributed by atoms with van der Waals surface area (Å²) in [5.41, 5.74) is -3.88. The summed E-state index contributed by atoms with van der Waals surface area (Å²) >= 11 is 0. The third-order valence-corrected chi connectivity index (χ3v) is 6.71. The minimum absolute atomic E-state index is 0.0883. The van der Waals surface area contributed by atoms with Gasteiger partial charge in [-0.25, -0.2) is 4.79 Å². The topological polar surface area (TPSA) is 122 Å². The smallest absolute Gasteiger partial charge is 0.387 e. The number of carbonyl (C=O) groups is 1. The van der Waals surface area contributed by atoms with Crippen LogP contribution in [0.25, 0.3) is 0 Å². The van der Waals surface area contributed by atoms with Crippen molar-refractivity contribution in [3.05, 3.63) is 37.9 Å². The van der Waals surface area contributed by atoms with Crippen LogP contribution in [-0.4, -0.2) is 75.4 Å². The zero-order valence-electron chi connectivity index (χ0n) is 24.3. The van der Waals surface area contributed by atoms with Gasteiger partial charge in [0.15, 0.2) is 0 Å². The number of ether oxygens (including phenoxy) is 2. The van der Waals surface area contributed by atoms with E-state index in [0.717, 1.165) is 6.92 Å². The highest BCUT2D eigenvalue weighted by molar-refractivity contribution is 5.70. The van der Waals surface area contributed by atoms with E-state index < -0.39 is 111 Å². The van der Waals surface area contributed by atoms with Crippen LogP contribution in [0.2, 0.25) is 0 Å². The number of benzene rings is 1. The summed E-state index contributed by atoms with van der Waals surface area (Å²) in [6.45, 7) is 0.765. The summed E-state index contributed by atoms with van der Waals surface area (Å²) in [7, 11) is 0. The third-order valence-electron chi connectivity index (χ3n) is 6.71. The molecule has 294 valence electrons. The second-order valence-corrected chi connectivity index (χ2v) is 10.2. The average molecular weight is 798 g/mol. The highest BCUT2D eigenvalue weighted by Gasteiger charge is 2.97. The van der Waals surface area contributed by atoms with Gasteiger partial charge in [-0.3, -0.25) is 20.2 Å². The lowest BCUT2D eigenvalue weighted by atomic mass is 9.86. The lowest BCUT2D eigenvalue weighted by molar-refractivity contribution is -0.478. The Morgan fingerprint density at radius 1 is 0.647 bits per heavy atom. The second-order valence-electron chi connectivity index (χ2n) is 10.2. The van der Waals surface area contributed by atoms with Crippen molar-refractivity contribution in [1.29, 1.82) is 0 Å². The van der Waals surface area contributed by atoms with Crippen LogP contribution >= 0.6 is 0 Å². The van der Waals surface area contributed by atoms with E-state index in [9.17, 15) is 113 Å². The van der Waals surface area contributed by atoms with Crippen molar-refractivity contribution in [3.63, 3.8) is 0 Å². The van der Waals surface area contributed by atoms with E-state index in [2.05, 4.69) is 9.47 Å². The van der Waals surface area contributed by atoms with Gasteiger partial charge in [-0.2, -0.15) is 87.8 Å². The Labute approximate surface area is 266 Å². The number of hydrogen-bond acceptors (Lipinski definition) is 7. The van der Waals surface area contributed by atoms with Crippen LogP contribution in [0.15, 0.2) is 12.1 Å². The molecule has 29 heteroatoms. The second kappa shape index (κ2) is 12.8. The van der Waals surface area contributed by atoms with Crippen LogP contribution < -0.4 is 4.74 Å². The van der Waals surface area contributed by atoms with Crippen molar-refractivity contribution in [2.45, 2.75) is 92.5 Å². The number of carbonyl (C=O) groups excluding carboxylic acids is 1. The molecule has 0 saturated heterocycles. The molecule has 51 heavy (non-hydrogen) atoms. The molecule has 0 spiro atoms. The van der Waals surface area contributed by atoms with Crippen LogP contribution in [0.5, 0.6) is 5.75 Å². The van der Waals surface area contributed by atoms with Crippen molar-refractivity contribution in [2.75, 3.05) is 0 Å². The molecule has 0 aliphatic rings. The van der Waals surface area contributed by atoms with Crippen molar-refractivity contribution in [2.24, 2.45) is 0 Å². The number of rotatable bonds is 15. The molecule has 0 fully saturated rings. The van der Waals surface area contributed by atoms with Gasteiger partial charge in [0.25, 0.3) is 5.69 Å². The first-order valence-electron chi connectivity index (χ1n) is 12.4. The van der Waals surface area contributed by atoms with E-state index in [4.69, 9.17) is 0 Å². The molecule has 0 saturated carbocycles. The Morgan fingerprint density at radius 2 is 1.00 bits per heavy atom. The van der Waals surface area contributed by atoms with Gasteiger partial charge >= 0.3 is 71.3 Å². The first-order chi connectivity index (χ1) is 22.2. The molecule has 0 N–H and O–H groups in total. The van der Waals surface area contributed by atoms with Gasteiger partial charge in [0, 0.05) is 18.6 Å². The highest BCUT2D eigenvalue weighted by atomic mass is 19.4. The molecular formula is C22H14F20N2O7. The average Bonchev–Trinajstić information content (AvgIpc) is 2.94. The molecule has 0 bridgehead atoms. The fourth-order valence-electron chi connectivity index (χ4n) is 3.47. The molecule has 0 radical (unpaired) electrons. The molecule has 1 rings (SSSR count). The molecule has 0 aliphatic heterocycles. The van der Waals surface area contributed by atoms with Crippen molar-refractivity contribution in [1.82, 2.24) is 0 Å². The Hall–Kier alpha value is -4.11. The van der Waals surface area contributed by atoms with E-state index in [0.29, 0.717) is 6.07 Å². The van der Waals surface area contributed by atoms with Crippen molar-refractivity contribution < 1.29 is 112 Å². The van der Waals surface area contributed by atoms with Gasteiger partial charge < -0.3 is 9.47 Å². The van der Waals surface area contributed by atoms with Gasteiger partial charge in [-0.05, 0) is 12.3 Å². The number of nitro groups is 2. The highest BCUT2D eigenvalue weighted by Crippen LogP contribution is 2.66. The monoisotopic (exact) mass is 798 g/mol. The molecule has 1 atom stereocenters. The number of nitro benzene ring substituents is 2. The summed E-state index contributed by atoms with van der Waals surface area (Å²) < 4.78 is 281. The Balaban J connectivity index is 3.77. The molecule has 0 aromatic heterocycles. The Morgan fingerprint density at radius 3 is 1.31 bits per heavy atom. The van der Waals surface area contributed by atoms with Crippen LogP contribution in [0.1, 0.15) is 38.7 Å². The number of hydrogen-bond donors (Lipinski definition) is 0. The molecule has 0 heterocycles. The van der Waals surface area contributed by atoms with E-state index >= 15 is 0 Å². The van der Waals surface area contributed by atoms with Crippen LogP contribution in [0, 0.1) is 20.2 Å². The summed E-state index contributed by atoms with van der Waals surface area (Å²) in [6, 6.07) is 0.235.